The van der Waals surface area contributed by atoms with Crippen LogP contribution in [0.1, 0.15) is 12.0 Å². The Hall–Kier alpha value is -1.26. The highest BCUT2D eigenvalue weighted by molar-refractivity contribution is 5.40. The lowest BCUT2D eigenvalue weighted by Gasteiger charge is -2.13. The number of aliphatic hydroxyl groups excluding tert-OH is 1. The fourth-order valence-corrected chi connectivity index (χ4v) is 1.59. The van der Waals surface area contributed by atoms with Gasteiger partial charge in [-0.15, -0.1) is 0 Å². The Balaban J connectivity index is 2.82. The summed E-state index contributed by atoms with van der Waals surface area (Å²) in [5.41, 5.74) is 6.33. The van der Waals surface area contributed by atoms with Gasteiger partial charge in [0.05, 0.1) is 20.3 Å². The Kier molecular flexibility index (Phi) is 5.08. The zero-order valence-electron chi connectivity index (χ0n) is 9.77. The van der Waals surface area contributed by atoms with Crippen LogP contribution in [0.4, 0.5) is 0 Å². The number of ether oxygens (including phenoxy) is 2. The second kappa shape index (κ2) is 6.35. The maximum absolute atomic E-state index is 9.71. The molecule has 1 rings (SSSR count). The second-order valence-corrected chi connectivity index (χ2v) is 3.61. The molecule has 3 N–H and O–H groups in total. The van der Waals surface area contributed by atoms with Gasteiger partial charge in [0.25, 0.3) is 0 Å². The van der Waals surface area contributed by atoms with Crippen molar-refractivity contribution in [1.82, 2.24) is 0 Å². The summed E-state index contributed by atoms with van der Waals surface area (Å²) in [6.45, 7) is 0.480. The van der Waals surface area contributed by atoms with Crippen LogP contribution < -0.4 is 15.2 Å². The molecule has 4 nitrogen and oxygen atoms in total. The molecule has 0 radical (unpaired) electrons. The predicted molar refractivity (Wildman–Crippen MR) is 62.9 cm³/mol. The van der Waals surface area contributed by atoms with Crippen molar-refractivity contribution in [3.8, 4) is 11.5 Å². The zero-order chi connectivity index (χ0) is 12.0. The summed E-state index contributed by atoms with van der Waals surface area (Å²) in [5, 5.41) is 9.71. The van der Waals surface area contributed by atoms with Gasteiger partial charge in [0.15, 0.2) is 0 Å². The molecule has 1 aromatic rings. The zero-order valence-corrected chi connectivity index (χ0v) is 9.77. The van der Waals surface area contributed by atoms with Gasteiger partial charge in [-0.3, -0.25) is 0 Å². The number of benzene rings is 1. The van der Waals surface area contributed by atoms with Gasteiger partial charge in [-0.05, 0) is 31.2 Å². The summed E-state index contributed by atoms with van der Waals surface area (Å²) in [6.07, 6.45) is 0.670. The lowest BCUT2D eigenvalue weighted by atomic mass is 10.0. The molecule has 90 valence electrons. The van der Waals surface area contributed by atoms with Gasteiger partial charge >= 0.3 is 0 Å². The first kappa shape index (κ1) is 12.8. The molecule has 0 aromatic heterocycles. The Morgan fingerprint density at radius 2 is 2.06 bits per heavy atom. The van der Waals surface area contributed by atoms with Crippen LogP contribution in [0.2, 0.25) is 0 Å². The van der Waals surface area contributed by atoms with Crippen molar-refractivity contribution in [2.75, 3.05) is 20.8 Å². The van der Waals surface area contributed by atoms with Crippen LogP contribution in [0, 0.1) is 0 Å². The van der Waals surface area contributed by atoms with Crippen LogP contribution >= 0.6 is 0 Å². The molecule has 0 aliphatic rings. The number of hydrogen-bond acceptors (Lipinski definition) is 4. The quantitative estimate of drug-likeness (QED) is 0.756. The van der Waals surface area contributed by atoms with Crippen LogP contribution in [-0.4, -0.2) is 32.0 Å². The average Bonchev–Trinajstić information content (AvgIpc) is 2.29. The molecular weight excluding hydrogens is 206 g/mol. The summed E-state index contributed by atoms with van der Waals surface area (Å²) >= 11 is 0. The molecule has 0 bridgehead atoms. The third-order valence-electron chi connectivity index (χ3n) is 2.44. The number of aliphatic hydroxyl groups is 1. The molecule has 0 aliphatic heterocycles. The van der Waals surface area contributed by atoms with Crippen molar-refractivity contribution in [2.24, 2.45) is 5.73 Å². The molecule has 0 spiro atoms. The maximum Gasteiger partial charge on any atom is 0.122 e. The van der Waals surface area contributed by atoms with E-state index in [4.69, 9.17) is 15.2 Å². The molecule has 0 aliphatic carbocycles. The van der Waals surface area contributed by atoms with Crippen molar-refractivity contribution in [3.05, 3.63) is 23.8 Å². The predicted octanol–water partition coefficient (Wildman–Crippen LogP) is 0.956. The van der Waals surface area contributed by atoms with Gasteiger partial charge < -0.3 is 20.3 Å². The molecule has 0 amide bonds. The van der Waals surface area contributed by atoms with E-state index < -0.39 is 6.10 Å². The molecule has 1 atom stereocenters. The smallest absolute Gasteiger partial charge is 0.122 e. The average molecular weight is 225 g/mol. The van der Waals surface area contributed by atoms with Crippen molar-refractivity contribution in [3.63, 3.8) is 0 Å². The van der Waals surface area contributed by atoms with Gasteiger partial charge in [0.1, 0.15) is 11.5 Å². The lowest BCUT2D eigenvalue weighted by Crippen LogP contribution is -2.16. The molecule has 4 heteroatoms. The topological polar surface area (TPSA) is 64.7 Å². The SMILES string of the molecule is COc1ccc(OC)c(CC(O)CCN)c1. The Morgan fingerprint density at radius 3 is 2.62 bits per heavy atom. The molecule has 0 fully saturated rings. The largest absolute Gasteiger partial charge is 0.497 e. The van der Waals surface area contributed by atoms with Gasteiger partial charge in [-0.2, -0.15) is 0 Å². The number of methoxy groups -OCH3 is 2. The molecule has 0 saturated heterocycles. The third kappa shape index (κ3) is 3.40. The summed E-state index contributed by atoms with van der Waals surface area (Å²) in [5.74, 6) is 1.52. The van der Waals surface area contributed by atoms with Gasteiger partial charge in [-0.25, -0.2) is 0 Å². The molecule has 0 heterocycles. The lowest BCUT2D eigenvalue weighted by molar-refractivity contribution is 0.166. The monoisotopic (exact) mass is 225 g/mol. The molecule has 1 unspecified atom stereocenters. The number of hydrogen-bond donors (Lipinski definition) is 2. The van der Waals surface area contributed by atoms with E-state index in [1.807, 2.05) is 18.2 Å². The minimum atomic E-state index is -0.439. The standard InChI is InChI=1S/C12H19NO3/c1-15-11-3-4-12(16-2)9(8-11)7-10(14)5-6-13/h3-4,8,10,14H,5-7,13H2,1-2H3. The molecule has 16 heavy (non-hydrogen) atoms. The van der Waals surface area contributed by atoms with Gasteiger partial charge in [-0.1, -0.05) is 0 Å². The Labute approximate surface area is 96.0 Å². The van der Waals surface area contributed by atoms with E-state index in [0.29, 0.717) is 19.4 Å². The summed E-state index contributed by atoms with van der Waals surface area (Å²) in [4.78, 5) is 0. The van der Waals surface area contributed by atoms with E-state index in [-0.39, 0.29) is 0 Å². The fourth-order valence-electron chi connectivity index (χ4n) is 1.59. The normalized spacial score (nSPS) is 12.2. The second-order valence-electron chi connectivity index (χ2n) is 3.61. The highest BCUT2D eigenvalue weighted by atomic mass is 16.5. The van der Waals surface area contributed by atoms with Crippen LogP contribution in [-0.2, 0) is 6.42 Å². The van der Waals surface area contributed by atoms with Crippen molar-refractivity contribution >= 4 is 0 Å². The van der Waals surface area contributed by atoms with E-state index in [1.54, 1.807) is 14.2 Å². The first-order valence-electron chi connectivity index (χ1n) is 5.30. The first-order chi connectivity index (χ1) is 7.71. The van der Waals surface area contributed by atoms with Gasteiger partial charge in [0, 0.05) is 12.0 Å². The minimum Gasteiger partial charge on any atom is -0.497 e. The number of nitrogens with two attached hydrogens (primary N) is 1. The molecule has 1 aromatic carbocycles. The Morgan fingerprint density at radius 1 is 1.31 bits per heavy atom. The van der Waals surface area contributed by atoms with Crippen molar-refractivity contribution in [1.29, 1.82) is 0 Å². The van der Waals surface area contributed by atoms with Crippen LogP contribution in [0.3, 0.4) is 0 Å². The first-order valence-corrected chi connectivity index (χ1v) is 5.30. The maximum atomic E-state index is 9.71. The Bertz CT molecular complexity index is 328. The molecular formula is C12H19NO3. The van der Waals surface area contributed by atoms with Gasteiger partial charge in [0.2, 0.25) is 0 Å². The van der Waals surface area contributed by atoms with E-state index in [2.05, 4.69) is 0 Å². The van der Waals surface area contributed by atoms with E-state index in [1.165, 1.54) is 0 Å². The van der Waals surface area contributed by atoms with E-state index in [9.17, 15) is 5.11 Å². The fraction of sp³-hybridized carbons (Fsp3) is 0.500. The van der Waals surface area contributed by atoms with E-state index >= 15 is 0 Å². The highest BCUT2D eigenvalue weighted by Crippen LogP contribution is 2.25. The van der Waals surface area contributed by atoms with Crippen molar-refractivity contribution < 1.29 is 14.6 Å². The highest BCUT2D eigenvalue weighted by Gasteiger charge is 2.10. The minimum absolute atomic E-state index is 0.439. The summed E-state index contributed by atoms with van der Waals surface area (Å²) in [7, 11) is 3.22. The van der Waals surface area contributed by atoms with Crippen LogP contribution in [0.25, 0.3) is 0 Å². The third-order valence-corrected chi connectivity index (χ3v) is 2.44. The van der Waals surface area contributed by atoms with Crippen LogP contribution in [0.5, 0.6) is 11.5 Å². The summed E-state index contributed by atoms with van der Waals surface area (Å²) in [6, 6.07) is 5.54. The van der Waals surface area contributed by atoms with Crippen LogP contribution in [0.15, 0.2) is 18.2 Å². The van der Waals surface area contributed by atoms with E-state index in [0.717, 1.165) is 17.1 Å². The van der Waals surface area contributed by atoms with Crippen molar-refractivity contribution in [2.45, 2.75) is 18.9 Å². The number of rotatable bonds is 6. The summed E-state index contributed by atoms with van der Waals surface area (Å²) < 4.78 is 10.4. The molecule has 0 saturated carbocycles.